The number of aromatic nitrogens is 3. The molecule has 8 rings (SSSR count). The third-order valence-corrected chi connectivity index (χ3v) is 11.1. The number of carbonyl (C=O) groups excluding carboxylic acids is 4. The number of carbonyl (C=O) groups is 4. The number of fused-ring (bicyclic) bond motifs is 3. The zero-order valence-electron chi connectivity index (χ0n) is 30.4. The summed E-state index contributed by atoms with van der Waals surface area (Å²) >= 11 is 0. The fraction of sp³-hybridized carbons (Fsp3) is 0.400. The number of hydrogen-bond acceptors (Lipinski definition) is 10. The van der Waals surface area contributed by atoms with E-state index in [9.17, 15) is 32.3 Å². The van der Waals surface area contributed by atoms with E-state index in [0.717, 1.165) is 37.8 Å². The van der Waals surface area contributed by atoms with Crippen molar-refractivity contribution in [1.29, 1.82) is 0 Å². The van der Waals surface area contributed by atoms with Crippen molar-refractivity contribution >= 4 is 45.4 Å². The summed E-state index contributed by atoms with van der Waals surface area (Å²) in [4.78, 5) is 72.6. The van der Waals surface area contributed by atoms with E-state index in [4.69, 9.17) is 14.5 Å². The van der Waals surface area contributed by atoms with Crippen molar-refractivity contribution in [3.63, 3.8) is 0 Å². The van der Waals surface area contributed by atoms with Crippen LogP contribution in [0.5, 0.6) is 5.88 Å². The molecule has 0 spiro atoms. The number of hydrogen-bond donors (Lipinski definition) is 1. The molecule has 3 unspecified atom stereocenters. The first-order chi connectivity index (χ1) is 26.8. The van der Waals surface area contributed by atoms with Gasteiger partial charge in [-0.25, -0.2) is 14.8 Å². The average Bonchev–Trinajstić information content (AvgIpc) is 3.42. The van der Waals surface area contributed by atoms with Crippen LogP contribution < -0.4 is 10.1 Å². The van der Waals surface area contributed by atoms with Crippen LogP contribution in [0.1, 0.15) is 38.5 Å². The van der Waals surface area contributed by atoms with Gasteiger partial charge in [-0.3, -0.25) is 39.3 Å². The third-order valence-electron chi connectivity index (χ3n) is 11.1. The van der Waals surface area contributed by atoms with Gasteiger partial charge in [0.15, 0.2) is 6.10 Å². The molecule has 3 atom stereocenters. The molecule has 0 bridgehead atoms. The smallest absolute Gasteiger partial charge is 0.417 e. The van der Waals surface area contributed by atoms with Crippen LogP contribution in [-0.4, -0.2) is 97.6 Å². The summed E-state index contributed by atoms with van der Waals surface area (Å²) in [7, 11) is 2.02. The molecule has 4 aromatic rings. The van der Waals surface area contributed by atoms with Crippen molar-refractivity contribution in [3.05, 3.63) is 79.3 Å². The molecule has 3 fully saturated rings. The summed E-state index contributed by atoms with van der Waals surface area (Å²) in [6.45, 7) is 3.97. The highest BCUT2D eigenvalue weighted by atomic mass is 19.4. The minimum absolute atomic E-state index is 0.00762. The number of halogens is 3. The molecule has 6 heterocycles. The number of imide groups is 2. The molecule has 3 aromatic heterocycles. The Morgan fingerprint density at radius 3 is 2.48 bits per heavy atom. The zero-order chi connectivity index (χ0) is 39.3. The van der Waals surface area contributed by atoms with E-state index in [1.807, 2.05) is 31.4 Å². The van der Waals surface area contributed by atoms with Crippen molar-refractivity contribution in [2.75, 3.05) is 13.1 Å². The van der Waals surface area contributed by atoms with Crippen molar-refractivity contribution < 1.29 is 46.9 Å². The molecule has 1 N–H and O–H groups in total. The van der Waals surface area contributed by atoms with Gasteiger partial charge in [0, 0.05) is 91.5 Å². The molecule has 4 amide bonds. The number of nitrogens with zero attached hydrogens (tertiary/aromatic N) is 5. The maximum atomic E-state index is 14.1. The standard InChI is InChI=1S/C40H39F3N6O7/c1-22-4-3-5-32(39(53)49(38(22)52)31-9-10-35(50)46-37(31)51)48-20-23(21-48)14-34(40(41,42)43)56-55-27-16-26(17-27)54-36-11-7-25(18-45-36)24-6-8-28-29-19-44-13-12-30(29)47(2)33(28)15-24/h3-4,6-8,11-13,15,18-19,23,26-27,31-32,34H,1,5,9-10,14,16-17,20-21H2,2H3,(H,46,50,51)/b4-3-. The normalized spacial score (nSPS) is 25.1. The van der Waals surface area contributed by atoms with Gasteiger partial charge in [0.2, 0.25) is 23.6 Å². The second-order valence-corrected chi connectivity index (χ2v) is 14.8. The lowest BCUT2D eigenvalue weighted by atomic mass is 9.89. The maximum Gasteiger partial charge on any atom is 0.417 e. The summed E-state index contributed by atoms with van der Waals surface area (Å²) in [5.41, 5.74) is 4.06. The number of amides is 4. The lowest BCUT2D eigenvalue weighted by Crippen LogP contribution is -2.63. The molecule has 1 aliphatic carbocycles. The van der Waals surface area contributed by atoms with E-state index in [0.29, 0.717) is 18.7 Å². The number of benzene rings is 1. The van der Waals surface area contributed by atoms with Crippen molar-refractivity contribution in [2.45, 2.75) is 75.1 Å². The van der Waals surface area contributed by atoms with Crippen molar-refractivity contribution in [3.8, 4) is 17.0 Å². The first-order valence-corrected chi connectivity index (χ1v) is 18.5. The van der Waals surface area contributed by atoms with Gasteiger partial charge in [-0.2, -0.15) is 13.2 Å². The van der Waals surface area contributed by atoms with Gasteiger partial charge in [0.05, 0.1) is 11.6 Å². The lowest BCUT2D eigenvalue weighted by Gasteiger charge is -2.46. The van der Waals surface area contributed by atoms with Crippen LogP contribution in [0.3, 0.4) is 0 Å². The van der Waals surface area contributed by atoms with Gasteiger partial charge in [0.1, 0.15) is 18.2 Å². The molecule has 13 nitrogen and oxygen atoms in total. The average molecular weight is 773 g/mol. The molecule has 292 valence electrons. The van der Waals surface area contributed by atoms with Gasteiger partial charge < -0.3 is 9.30 Å². The molecule has 0 radical (unpaired) electrons. The van der Waals surface area contributed by atoms with Gasteiger partial charge in [-0.05, 0) is 48.9 Å². The lowest BCUT2D eigenvalue weighted by molar-refractivity contribution is -0.411. The summed E-state index contributed by atoms with van der Waals surface area (Å²) in [6, 6.07) is 9.79. The molecule has 2 saturated heterocycles. The van der Waals surface area contributed by atoms with Crippen LogP contribution >= 0.6 is 0 Å². The fourth-order valence-corrected chi connectivity index (χ4v) is 7.86. The fourth-order valence-electron chi connectivity index (χ4n) is 7.86. The van der Waals surface area contributed by atoms with Crippen molar-refractivity contribution in [2.24, 2.45) is 13.0 Å². The van der Waals surface area contributed by atoms with E-state index in [1.54, 1.807) is 29.4 Å². The van der Waals surface area contributed by atoms with Gasteiger partial charge >= 0.3 is 6.18 Å². The molecule has 16 heteroatoms. The van der Waals surface area contributed by atoms with Crippen LogP contribution in [0.25, 0.3) is 32.9 Å². The molecule has 1 aromatic carbocycles. The monoisotopic (exact) mass is 772 g/mol. The Labute approximate surface area is 319 Å². The highest BCUT2D eigenvalue weighted by Crippen LogP contribution is 2.37. The van der Waals surface area contributed by atoms with E-state index >= 15 is 0 Å². The number of piperidine rings is 1. The van der Waals surface area contributed by atoms with Crippen LogP contribution in [0.15, 0.2) is 79.3 Å². The van der Waals surface area contributed by atoms with E-state index in [1.165, 1.54) is 6.08 Å². The van der Waals surface area contributed by atoms with Gasteiger partial charge in [-0.1, -0.05) is 30.9 Å². The quantitative estimate of drug-likeness (QED) is 0.102. The van der Waals surface area contributed by atoms with E-state index in [-0.39, 0.29) is 44.0 Å². The highest BCUT2D eigenvalue weighted by molar-refractivity contribution is 6.12. The van der Waals surface area contributed by atoms with Gasteiger partial charge in [0.25, 0.3) is 5.91 Å². The van der Waals surface area contributed by atoms with Crippen molar-refractivity contribution in [1.82, 2.24) is 29.7 Å². The zero-order valence-corrected chi connectivity index (χ0v) is 30.4. The largest absolute Gasteiger partial charge is 0.474 e. The third kappa shape index (κ3) is 7.31. The molecule has 4 aliphatic rings. The van der Waals surface area contributed by atoms with Crippen LogP contribution in [0, 0.1) is 5.92 Å². The Morgan fingerprint density at radius 1 is 0.964 bits per heavy atom. The number of nitrogens with one attached hydrogen (secondary N) is 1. The molecule has 3 aliphatic heterocycles. The molecular formula is C40H39F3N6O7. The van der Waals surface area contributed by atoms with E-state index < -0.39 is 66.4 Å². The summed E-state index contributed by atoms with van der Waals surface area (Å²) in [5, 5.41) is 4.35. The Hall–Kier alpha value is -5.45. The number of pyridine rings is 2. The Bertz CT molecular complexity index is 2240. The summed E-state index contributed by atoms with van der Waals surface area (Å²) < 4.78 is 50.3. The summed E-state index contributed by atoms with van der Waals surface area (Å²) in [6.07, 6.45) is 0.993. The number of aryl methyl sites for hydroxylation is 1. The predicted octanol–water partition coefficient (Wildman–Crippen LogP) is 4.94. The molecule has 1 saturated carbocycles. The minimum Gasteiger partial charge on any atom is -0.474 e. The first kappa shape index (κ1) is 37.5. The topological polar surface area (TPSA) is 145 Å². The molecular weight excluding hydrogens is 733 g/mol. The Kier molecular flexibility index (Phi) is 9.97. The van der Waals surface area contributed by atoms with E-state index in [2.05, 4.69) is 38.6 Å². The van der Waals surface area contributed by atoms with Gasteiger partial charge in [-0.15, -0.1) is 0 Å². The number of alkyl halides is 3. The Morgan fingerprint density at radius 2 is 1.75 bits per heavy atom. The SMILES string of the molecule is C=C1/C=C\CC(N2CC(CC(OOC3CC(Oc4ccc(-c5ccc6c7cnccc7n(C)c6c5)cn4)C3)C(F)(F)F)C2)C(=O)N(C2CCC(=O)NC2=O)C1=O. The second kappa shape index (κ2) is 14.9. The summed E-state index contributed by atoms with van der Waals surface area (Å²) in [5.74, 6) is -2.76. The second-order valence-electron chi connectivity index (χ2n) is 14.8. The predicted molar refractivity (Wildman–Crippen MR) is 195 cm³/mol. The minimum atomic E-state index is -4.70. The number of ether oxygens (including phenoxy) is 1. The van der Waals surface area contributed by atoms with Crippen LogP contribution in [0.4, 0.5) is 13.2 Å². The Balaban J connectivity index is 0.818. The highest BCUT2D eigenvalue weighted by Gasteiger charge is 2.49. The first-order valence-electron chi connectivity index (χ1n) is 18.5. The van der Waals surface area contributed by atoms with Crippen LogP contribution in [-0.2, 0) is 36.0 Å². The number of likely N-dealkylation sites (tertiary alicyclic amines) is 1. The molecule has 56 heavy (non-hydrogen) atoms. The number of rotatable bonds is 10. The van der Waals surface area contributed by atoms with Crippen LogP contribution in [0.2, 0.25) is 0 Å². The maximum absolute atomic E-state index is 14.1.